The fourth-order valence-corrected chi connectivity index (χ4v) is 4.07. The molecule has 0 saturated carbocycles. The summed E-state index contributed by atoms with van der Waals surface area (Å²) < 4.78 is 6.09. The molecule has 0 aromatic heterocycles. The molecule has 3 nitrogen and oxygen atoms in total. The van der Waals surface area contributed by atoms with E-state index in [-0.39, 0.29) is 5.97 Å². The van der Waals surface area contributed by atoms with E-state index in [0.717, 1.165) is 63.6 Å². The summed E-state index contributed by atoms with van der Waals surface area (Å²) in [5.41, 5.74) is 0.723. The number of carbonyl (C=O) groups excluding carboxylic acids is 1. The van der Waals surface area contributed by atoms with E-state index in [4.69, 9.17) is 4.74 Å². The van der Waals surface area contributed by atoms with Gasteiger partial charge in [-0.05, 0) is 36.7 Å². The van der Waals surface area contributed by atoms with Crippen LogP contribution < -0.4 is 5.32 Å². The number of benzene rings is 1. The minimum atomic E-state index is -0.422. The second-order valence-electron chi connectivity index (χ2n) is 8.53. The number of esters is 1. The van der Waals surface area contributed by atoms with Crippen molar-refractivity contribution in [2.75, 3.05) is 13.1 Å². The van der Waals surface area contributed by atoms with E-state index in [1.54, 1.807) is 0 Å². The molecule has 1 saturated heterocycles. The van der Waals surface area contributed by atoms with Gasteiger partial charge in [0.2, 0.25) is 0 Å². The fraction of sp³-hybridized carbons (Fsp3) is 0.607. The molecular weight excluding hydrogens is 382 g/mol. The van der Waals surface area contributed by atoms with Crippen LogP contribution in [0.5, 0.6) is 0 Å². The van der Waals surface area contributed by atoms with Gasteiger partial charge in [-0.15, -0.1) is 0 Å². The van der Waals surface area contributed by atoms with E-state index in [0.29, 0.717) is 6.42 Å². The number of hydrogen-bond acceptors (Lipinski definition) is 2. The maximum absolute atomic E-state index is 12.5. The van der Waals surface area contributed by atoms with Gasteiger partial charge in [-0.25, -0.2) is 0 Å². The molecule has 2 rings (SSSR count). The molecule has 2 N–H and O–H groups in total. The van der Waals surface area contributed by atoms with Crippen molar-refractivity contribution in [3.05, 3.63) is 35.9 Å². The van der Waals surface area contributed by atoms with E-state index in [1.807, 2.05) is 18.2 Å². The van der Waals surface area contributed by atoms with Gasteiger partial charge in [-0.1, -0.05) is 81.2 Å². The highest BCUT2D eigenvalue weighted by Gasteiger charge is 2.39. The Morgan fingerprint density at radius 1 is 0.903 bits per heavy atom. The summed E-state index contributed by atoms with van der Waals surface area (Å²) in [7, 11) is 0. The third-order valence-corrected chi connectivity index (χ3v) is 5.94. The van der Waals surface area contributed by atoms with Crippen molar-refractivity contribution in [3.63, 3.8) is 0 Å². The predicted octanol–water partition coefficient (Wildman–Crippen LogP) is 5.10. The number of piperidine rings is 1. The highest BCUT2D eigenvalue weighted by molar-refractivity contribution is 5.70. The van der Waals surface area contributed by atoms with Crippen LogP contribution in [0.25, 0.3) is 0 Å². The molecule has 1 aliphatic rings. The molecule has 0 unspecified atom stereocenters. The molecule has 1 aromatic carbocycles. The molecule has 0 bridgehead atoms. The molecular formula is C28H40NO2+. The normalized spacial score (nSPS) is 14.6. The molecule has 1 aliphatic heterocycles. The number of hydrogen-bond donors (Lipinski definition) is 1. The number of ether oxygens (including phenoxy) is 1. The molecule has 1 heterocycles. The highest BCUT2D eigenvalue weighted by Crippen LogP contribution is 2.34. The average Bonchev–Trinajstić information content (AvgIpc) is 2.80. The standard InChI is InChI=1S/C28H39NO2/c1-2-3-4-5-6-7-8-9-10-11-12-13-14-18-21-27(30)31-28(22-24-29-25-23-28)26-19-16-15-17-20-26/h15-17,19-20,29H,2-4,9-14,18,21-25H2,1H3/p+1. The Morgan fingerprint density at radius 3 is 2.19 bits per heavy atom. The van der Waals surface area contributed by atoms with Crippen molar-refractivity contribution >= 4 is 5.97 Å². The smallest absolute Gasteiger partial charge is 0.306 e. The topological polar surface area (TPSA) is 42.9 Å². The van der Waals surface area contributed by atoms with Crippen LogP contribution in [-0.4, -0.2) is 19.1 Å². The van der Waals surface area contributed by atoms with Crippen LogP contribution in [0.4, 0.5) is 0 Å². The van der Waals surface area contributed by atoms with Crippen LogP contribution >= 0.6 is 0 Å². The first kappa shape index (κ1) is 25.0. The van der Waals surface area contributed by atoms with Crippen LogP contribution in [0.15, 0.2) is 30.3 Å². The Labute approximate surface area is 189 Å². The van der Waals surface area contributed by atoms with Crippen molar-refractivity contribution in [3.8, 4) is 23.7 Å². The van der Waals surface area contributed by atoms with Crippen molar-refractivity contribution in [2.24, 2.45) is 0 Å². The Hall–Kier alpha value is -2.23. The summed E-state index contributed by atoms with van der Waals surface area (Å²) in [6, 6.07) is 10.3. The van der Waals surface area contributed by atoms with Gasteiger partial charge in [-0.2, -0.15) is 0 Å². The monoisotopic (exact) mass is 422 g/mol. The van der Waals surface area contributed by atoms with Gasteiger partial charge in [0, 0.05) is 32.1 Å². The first-order chi connectivity index (χ1) is 15.3. The number of rotatable bonds is 12. The largest absolute Gasteiger partial charge is 0.454 e. The lowest BCUT2D eigenvalue weighted by atomic mass is 9.84. The summed E-state index contributed by atoms with van der Waals surface area (Å²) in [5.74, 6) is 12.1. The fourth-order valence-electron chi connectivity index (χ4n) is 4.07. The van der Waals surface area contributed by atoms with Crippen LogP contribution in [0.3, 0.4) is 0 Å². The minimum absolute atomic E-state index is 0.0407. The lowest BCUT2D eigenvalue weighted by Crippen LogP contribution is -2.87. The summed E-state index contributed by atoms with van der Waals surface area (Å²) >= 11 is 0. The van der Waals surface area contributed by atoms with Gasteiger partial charge in [0.05, 0.1) is 13.1 Å². The maximum atomic E-state index is 12.5. The number of nitrogens with two attached hydrogens (primary N) is 1. The molecule has 168 valence electrons. The first-order valence-electron chi connectivity index (χ1n) is 12.3. The van der Waals surface area contributed by atoms with Crippen LogP contribution in [-0.2, 0) is 15.1 Å². The number of quaternary nitrogens is 1. The molecule has 1 aromatic rings. The minimum Gasteiger partial charge on any atom is -0.454 e. The lowest BCUT2D eigenvalue weighted by Gasteiger charge is -2.36. The molecule has 31 heavy (non-hydrogen) atoms. The zero-order valence-corrected chi connectivity index (χ0v) is 19.4. The zero-order chi connectivity index (χ0) is 22.0. The Kier molecular flexibility index (Phi) is 12.6. The summed E-state index contributed by atoms with van der Waals surface area (Å²) in [6.45, 7) is 4.20. The molecule has 3 heteroatoms. The van der Waals surface area contributed by atoms with E-state index in [2.05, 4.69) is 48.1 Å². The Morgan fingerprint density at radius 2 is 1.52 bits per heavy atom. The van der Waals surface area contributed by atoms with Crippen molar-refractivity contribution in [2.45, 2.75) is 96.0 Å². The van der Waals surface area contributed by atoms with Gasteiger partial charge in [0.25, 0.3) is 0 Å². The quantitative estimate of drug-likeness (QED) is 0.289. The highest BCUT2D eigenvalue weighted by atomic mass is 16.6. The zero-order valence-electron chi connectivity index (χ0n) is 19.4. The van der Waals surface area contributed by atoms with Gasteiger partial charge in [0.15, 0.2) is 0 Å². The number of unbranched alkanes of at least 4 members (excludes halogenated alkanes) is 8. The Balaban J connectivity index is 1.56. The molecule has 0 atom stereocenters. The average molecular weight is 423 g/mol. The third-order valence-electron chi connectivity index (χ3n) is 5.94. The molecule has 0 radical (unpaired) electrons. The van der Waals surface area contributed by atoms with E-state index >= 15 is 0 Å². The van der Waals surface area contributed by atoms with Crippen molar-refractivity contribution in [1.82, 2.24) is 0 Å². The second kappa shape index (κ2) is 15.6. The van der Waals surface area contributed by atoms with E-state index in [9.17, 15) is 4.79 Å². The van der Waals surface area contributed by atoms with Gasteiger partial charge in [-0.3, -0.25) is 4.79 Å². The summed E-state index contributed by atoms with van der Waals surface area (Å²) in [6.07, 6.45) is 13.3. The summed E-state index contributed by atoms with van der Waals surface area (Å²) in [5, 5.41) is 2.31. The lowest BCUT2D eigenvalue weighted by molar-refractivity contribution is -0.668. The van der Waals surface area contributed by atoms with Crippen molar-refractivity contribution < 1.29 is 14.8 Å². The van der Waals surface area contributed by atoms with Gasteiger partial charge < -0.3 is 10.1 Å². The number of carbonyl (C=O) groups is 1. The third kappa shape index (κ3) is 10.1. The van der Waals surface area contributed by atoms with Crippen LogP contribution in [0, 0.1) is 23.7 Å². The summed E-state index contributed by atoms with van der Waals surface area (Å²) in [4.78, 5) is 12.5. The molecule has 0 amide bonds. The molecule has 0 aliphatic carbocycles. The van der Waals surface area contributed by atoms with E-state index in [1.165, 1.54) is 32.1 Å². The molecule has 1 fully saturated rings. The first-order valence-corrected chi connectivity index (χ1v) is 12.3. The van der Waals surface area contributed by atoms with Gasteiger partial charge >= 0.3 is 5.97 Å². The predicted molar refractivity (Wildman–Crippen MR) is 127 cm³/mol. The van der Waals surface area contributed by atoms with Crippen molar-refractivity contribution in [1.29, 1.82) is 0 Å². The second-order valence-corrected chi connectivity index (χ2v) is 8.53. The van der Waals surface area contributed by atoms with Crippen LogP contribution in [0.1, 0.15) is 96.0 Å². The van der Waals surface area contributed by atoms with Crippen LogP contribution in [0.2, 0.25) is 0 Å². The maximum Gasteiger partial charge on any atom is 0.306 e. The van der Waals surface area contributed by atoms with E-state index < -0.39 is 5.60 Å². The molecule has 0 spiro atoms. The van der Waals surface area contributed by atoms with Gasteiger partial charge in [0.1, 0.15) is 5.60 Å². The Bertz CT molecular complexity index is 742. The SMILES string of the molecule is CCCCC#CC#CCCCCCCCCC(=O)OC1(c2ccccc2)CC[NH2+]CC1.